The standard InChI is InChI=1S/C14H11NO2/c1-14(15-16)10-6-2-4-8-12(10)17-13-9-5-3-7-11(13)14/h2-9H,1H3. The van der Waals surface area contributed by atoms with Crippen LogP contribution in [0.1, 0.15) is 18.1 Å². The van der Waals surface area contributed by atoms with Gasteiger partial charge in [0.25, 0.3) is 0 Å². The fourth-order valence-electron chi connectivity index (χ4n) is 2.28. The van der Waals surface area contributed by atoms with Crippen molar-refractivity contribution in [2.24, 2.45) is 5.18 Å². The number of fused-ring (bicyclic) bond motifs is 2. The first-order valence-electron chi connectivity index (χ1n) is 5.47. The fraction of sp³-hybridized carbons (Fsp3) is 0.143. The number of ether oxygens (including phenoxy) is 1. The molecule has 2 aromatic rings. The van der Waals surface area contributed by atoms with Gasteiger partial charge in [-0.1, -0.05) is 41.6 Å². The molecule has 0 saturated carbocycles. The summed E-state index contributed by atoms with van der Waals surface area (Å²) in [6.07, 6.45) is 0. The Labute approximate surface area is 99.0 Å². The van der Waals surface area contributed by atoms with Gasteiger partial charge in [-0.25, -0.2) is 0 Å². The zero-order chi connectivity index (χ0) is 11.9. The lowest BCUT2D eigenvalue weighted by Gasteiger charge is -2.31. The Morgan fingerprint density at radius 2 is 1.41 bits per heavy atom. The molecule has 1 heterocycles. The van der Waals surface area contributed by atoms with Crippen molar-refractivity contribution in [2.75, 3.05) is 0 Å². The van der Waals surface area contributed by atoms with Crippen LogP contribution in [-0.2, 0) is 5.54 Å². The van der Waals surface area contributed by atoms with Gasteiger partial charge in [0.1, 0.15) is 11.5 Å². The van der Waals surface area contributed by atoms with E-state index in [4.69, 9.17) is 4.74 Å². The summed E-state index contributed by atoms with van der Waals surface area (Å²) in [5.74, 6) is 1.40. The number of hydrogen-bond acceptors (Lipinski definition) is 3. The van der Waals surface area contributed by atoms with Gasteiger partial charge in [-0.3, -0.25) is 0 Å². The van der Waals surface area contributed by atoms with Gasteiger partial charge < -0.3 is 4.74 Å². The smallest absolute Gasteiger partial charge is 0.157 e. The van der Waals surface area contributed by atoms with E-state index in [2.05, 4.69) is 5.18 Å². The second-order valence-electron chi connectivity index (χ2n) is 4.26. The molecule has 0 saturated heterocycles. The highest BCUT2D eigenvalue weighted by atomic mass is 16.5. The van der Waals surface area contributed by atoms with E-state index in [1.54, 1.807) is 0 Å². The molecule has 17 heavy (non-hydrogen) atoms. The number of benzene rings is 2. The number of rotatable bonds is 1. The van der Waals surface area contributed by atoms with Crippen LogP contribution >= 0.6 is 0 Å². The predicted molar refractivity (Wildman–Crippen MR) is 65.2 cm³/mol. The Hall–Kier alpha value is -2.16. The van der Waals surface area contributed by atoms with Crippen LogP contribution in [0.15, 0.2) is 53.7 Å². The molecule has 0 amide bonds. The van der Waals surface area contributed by atoms with Crippen molar-refractivity contribution in [3.05, 3.63) is 64.6 Å². The van der Waals surface area contributed by atoms with Crippen molar-refractivity contribution in [2.45, 2.75) is 12.5 Å². The van der Waals surface area contributed by atoms with Gasteiger partial charge in [-0.15, -0.1) is 4.91 Å². The molecule has 0 fully saturated rings. The minimum Gasteiger partial charge on any atom is -0.457 e. The minimum absolute atomic E-state index is 0.702. The quantitative estimate of drug-likeness (QED) is 0.692. The van der Waals surface area contributed by atoms with Gasteiger partial charge in [0.05, 0.1) is 0 Å². The van der Waals surface area contributed by atoms with Crippen LogP contribution in [0.25, 0.3) is 0 Å². The third kappa shape index (κ3) is 1.29. The van der Waals surface area contributed by atoms with Crippen molar-refractivity contribution in [1.82, 2.24) is 0 Å². The van der Waals surface area contributed by atoms with E-state index >= 15 is 0 Å². The molecule has 3 rings (SSSR count). The Balaban J connectivity index is 2.32. The summed E-state index contributed by atoms with van der Waals surface area (Å²) in [6, 6.07) is 15.0. The molecule has 84 valence electrons. The van der Waals surface area contributed by atoms with Crippen LogP contribution in [0.3, 0.4) is 0 Å². The molecule has 0 unspecified atom stereocenters. The third-order valence-electron chi connectivity index (χ3n) is 3.23. The molecule has 1 aliphatic heterocycles. The molecule has 0 aromatic heterocycles. The molecule has 1 aliphatic rings. The van der Waals surface area contributed by atoms with Crippen LogP contribution in [0.5, 0.6) is 11.5 Å². The molecule has 0 aliphatic carbocycles. The van der Waals surface area contributed by atoms with E-state index in [0.29, 0.717) is 11.5 Å². The maximum atomic E-state index is 11.3. The van der Waals surface area contributed by atoms with Crippen molar-refractivity contribution in [3.63, 3.8) is 0 Å². The van der Waals surface area contributed by atoms with Gasteiger partial charge in [0, 0.05) is 11.1 Å². The topological polar surface area (TPSA) is 38.7 Å². The van der Waals surface area contributed by atoms with E-state index in [1.165, 1.54) is 0 Å². The van der Waals surface area contributed by atoms with Crippen LogP contribution in [0, 0.1) is 4.91 Å². The Kier molecular flexibility index (Phi) is 2.01. The van der Waals surface area contributed by atoms with Crippen molar-refractivity contribution >= 4 is 0 Å². The number of para-hydroxylation sites is 2. The highest BCUT2D eigenvalue weighted by Gasteiger charge is 2.39. The number of nitroso groups, excluding NO2 is 1. The average Bonchev–Trinajstić information content (AvgIpc) is 2.39. The molecule has 3 heteroatoms. The molecule has 0 atom stereocenters. The normalized spacial score (nSPS) is 15.4. The van der Waals surface area contributed by atoms with Crippen LogP contribution in [0.2, 0.25) is 0 Å². The molecular formula is C14H11NO2. The van der Waals surface area contributed by atoms with Gasteiger partial charge in [0.15, 0.2) is 5.54 Å². The van der Waals surface area contributed by atoms with Crippen molar-refractivity contribution < 1.29 is 4.74 Å². The summed E-state index contributed by atoms with van der Waals surface area (Å²) in [6.45, 7) is 1.82. The molecule has 0 radical (unpaired) electrons. The third-order valence-corrected chi connectivity index (χ3v) is 3.23. The molecule has 3 nitrogen and oxygen atoms in total. The van der Waals surface area contributed by atoms with Crippen molar-refractivity contribution in [1.29, 1.82) is 0 Å². The summed E-state index contributed by atoms with van der Waals surface area (Å²) in [7, 11) is 0. The van der Waals surface area contributed by atoms with E-state index in [1.807, 2.05) is 55.5 Å². The Morgan fingerprint density at radius 1 is 0.941 bits per heavy atom. The zero-order valence-electron chi connectivity index (χ0n) is 9.38. The number of nitrogens with zero attached hydrogens (tertiary/aromatic N) is 1. The first kappa shape index (κ1) is 10.0. The SMILES string of the molecule is CC1(N=O)c2ccccc2Oc2ccccc21. The summed E-state index contributed by atoms with van der Waals surface area (Å²) in [5, 5.41) is 3.33. The van der Waals surface area contributed by atoms with Crippen LogP contribution in [0.4, 0.5) is 0 Å². The largest absolute Gasteiger partial charge is 0.457 e. The minimum atomic E-state index is -0.870. The van der Waals surface area contributed by atoms with Crippen molar-refractivity contribution in [3.8, 4) is 11.5 Å². The molecule has 0 spiro atoms. The summed E-state index contributed by atoms with van der Waals surface area (Å²) < 4.78 is 5.78. The Morgan fingerprint density at radius 3 is 1.88 bits per heavy atom. The molecule has 0 bridgehead atoms. The van der Waals surface area contributed by atoms with E-state index < -0.39 is 5.54 Å². The lowest BCUT2D eigenvalue weighted by atomic mass is 9.83. The molecular weight excluding hydrogens is 214 g/mol. The first-order chi connectivity index (χ1) is 8.25. The van der Waals surface area contributed by atoms with Gasteiger partial charge >= 0.3 is 0 Å². The second kappa shape index (κ2) is 3.42. The predicted octanol–water partition coefficient (Wildman–Crippen LogP) is 3.82. The highest BCUT2D eigenvalue weighted by molar-refractivity contribution is 5.56. The van der Waals surface area contributed by atoms with Gasteiger partial charge in [0.2, 0.25) is 0 Å². The lowest BCUT2D eigenvalue weighted by molar-refractivity contribution is 0.410. The number of hydrogen-bond donors (Lipinski definition) is 0. The summed E-state index contributed by atoms with van der Waals surface area (Å²) in [4.78, 5) is 11.3. The lowest BCUT2D eigenvalue weighted by Crippen LogP contribution is -2.25. The van der Waals surface area contributed by atoms with E-state index in [0.717, 1.165) is 11.1 Å². The van der Waals surface area contributed by atoms with Gasteiger partial charge in [-0.2, -0.15) is 0 Å². The van der Waals surface area contributed by atoms with E-state index in [9.17, 15) is 4.91 Å². The zero-order valence-corrected chi connectivity index (χ0v) is 9.38. The van der Waals surface area contributed by atoms with Gasteiger partial charge in [-0.05, 0) is 19.1 Å². The Bertz CT molecular complexity index is 547. The van der Waals surface area contributed by atoms with Crippen LogP contribution < -0.4 is 4.74 Å². The highest BCUT2D eigenvalue weighted by Crippen LogP contribution is 2.48. The first-order valence-corrected chi connectivity index (χ1v) is 5.47. The molecule has 2 aromatic carbocycles. The summed E-state index contributed by atoms with van der Waals surface area (Å²) >= 11 is 0. The second-order valence-corrected chi connectivity index (χ2v) is 4.26. The summed E-state index contributed by atoms with van der Waals surface area (Å²) in [5.41, 5.74) is 0.758. The maximum Gasteiger partial charge on any atom is 0.157 e. The monoisotopic (exact) mass is 225 g/mol. The maximum absolute atomic E-state index is 11.3. The average molecular weight is 225 g/mol. The fourth-order valence-corrected chi connectivity index (χ4v) is 2.28. The van der Waals surface area contributed by atoms with Crippen LogP contribution in [-0.4, -0.2) is 0 Å². The molecule has 0 N–H and O–H groups in total. The van der Waals surface area contributed by atoms with E-state index in [-0.39, 0.29) is 0 Å².